The second kappa shape index (κ2) is 14.4. The van der Waals surface area contributed by atoms with Crippen LogP contribution in [0.2, 0.25) is 10.0 Å². The Morgan fingerprint density at radius 2 is 1.66 bits per heavy atom. The zero-order valence-electron chi connectivity index (χ0n) is 25.6. The number of ether oxygens (including phenoxy) is 2. The fourth-order valence-corrected chi connectivity index (χ4v) is 5.73. The van der Waals surface area contributed by atoms with Crippen LogP contribution in [0.5, 0.6) is 17.4 Å². The van der Waals surface area contributed by atoms with Crippen molar-refractivity contribution in [1.82, 2.24) is 19.4 Å². The van der Waals surface area contributed by atoms with Gasteiger partial charge in [0.25, 0.3) is 11.8 Å². The summed E-state index contributed by atoms with van der Waals surface area (Å²) in [5, 5.41) is 4.37. The predicted molar refractivity (Wildman–Crippen MR) is 181 cm³/mol. The van der Waals surface area contributed by atoms with Crippen molar-refractivity contribution in [3.8, 4) is 17.4 Å². The lowest BCUT2D eigenvalue weighted by atomic mass is 10.2. The zero-order chi connectivity index (χ0) is 32.9. The maximum Gasteiger partial charge on any atom is 0.270 e. The van der Waals surface area contributed by atoms with E-state index in [0.29, 0.717) is 57.5 Å². The van der Waals surface area contributed by atoms with Gasteiger partial charge in [-0.2, -0.15) is 0 Å². The average Bonchev–Trinajstić information content (AvgIpc) is 3.41. The van der Waals surface area contributed by atoms with Crippen molar-refractivity contribution < 1.29 is 23.5 Å². The second-order valence-corrected chi connectivity index (χ2v) is 11.9. The molecule has 0 saturated carbocycles. The fraction of sp³-hybridized carbons (Fsp3) is 0.229. The number of benzene rings is 3. The van der Waals surface area contributed by atoms with Crippen LogP contribution in [0, 0.1) is 0 Å². The van der Waals surface area contributed by atoms with Crippen LogP contribution < -0.4 is 14.8 Å². The lowest BCUT2D eigenvalue weighted by Crippen LogP contribution is -2.48. The van der Waals surface area contributed by atoms with Crippen LogP contribution >= 0.6 is 23.2 Å². The van der Waals surface area contributed by atoms with Gasteiger partial charge in [-0.25, -0.2) is 9.37 Å². The van der Waals surface area contributed by atoms with Crippen LogP contribution in [-0.4, -0.2) is 70.6 Å². The summed E-state index contributed by atoms with van der Waals surface area (Å²) in [6, 6.07) is 23.2. The summed E-state index contributed by atoms with van der Waals surface area (Å²) in [6.45, 7) is 3.09. The fourth-order valence-electron chi connectivity index (χ4n) is 5.43. The van der Waals surface area contributed by atoms with Crippen molar-refractivity contribution in [1.29, 1.82) is 0 Å². The molecule has 3 heterocycles. The lowest BCUT2D eigenvalue weighted by molar-refractivity contribution is 0.0619. The number of hydrogen-bond acceptors (Lipinski definition) is 6. The van der Waals surface area contributed by atoms with Gasteiger partial charge in [0.2, 0.25) is 5.88 Å². The summed E-state index contributed by atoms with van der Waals surface area (Å²) in [4.78, 5) is 34.6. The molecule has 6 rings (SSSR count). The van der Waals surface area contributed by atoms with Crippen molar-refractivity contribution in [2.75, 3.05) is 44.8 Å². The Morgan fingerprint density at radius 1 is 0.894 bits per heavy atom. The van der Waals surface area contributed by atoms with E-state index in [9.17, 15) is 14.0 Å². The van der Waals surface area contributed by atoms with Crippen molar-refractivity contribution in [3.63, 3.8) is 0 Å². The van der Waals surface area contributed by atoms with Crippen LogP contribution in [0.25, 0.3) is 10.9 Å². The summed E-state index contributed by atoms with van der Waals surface area (Å²) in [5.74, 6) is 1.21. The molecule has 1 aliphatic rings. The highest BCUT2D eigenvalue weighted by atomic mass is 35.5. The molecule has 5 aromatic rings. The van der Waals surface area contributed by atoms with Crippen molar-refractivity contribution in [2.45, 2.75) is 6.54 Å². The molecule has 12 heteroatoms. The minimum absolute atomic E-state index is 0.0136. The van der Waals surface area contributed by atoms with Gasteiger partial charge in [0.1, 0.15) is 30.5 Å². The smallest absolute Gasteiger partial charge is 0.270 e. The van der Waals surface area contributed by atoms with Crippen LogP contribution in [0.15, 0.2) is 85.1 Å². The van der Waals surface area contributed by atoms with E-state index in [2.05, 4.69) is 15.2 Å². The standard InChI is InChI=1S/C35H32Cl2FN5O4/c1-41-31-20-28(47-33-11-6-26(21-39-33)40-34(44)25-5-10-29(36)30(37)18-25)9-4-24(31)19-32(41)35(45)43-15-13-42(14-16-43)22-23-2-7-27(8-3-23)46-17-12-38/h2-11,18-21H,12-17,22H2,1H3,(H,40,44). The molecule has 1 aliphatic heterocycles. The molecule has 0 bridgehead atoms. The van der Waals surface area contributed by atoms with Crippen LogP contribution in [0.1, 0.15) is 26.4 Å². The number of fused-ring (bicyclic) bond motifs is 1. The molecule has 1 saturated heterocycles. The van der Waals surface area contributed by atoms with Crippen LogP contribution in [0.4, 0.5) is 10.1 Å². The molecule has 0 spiro atoms. The highest BCUT2D eigenvalue weighted by Gasteiger charge is 2.25. The first-order valence-corrected chi connectivity index (χ1v) is 15.8. The SMILES string of the molecule is Cn1c(C(=O)N2CCN(Cc3ccc(OCCF)cc3)CC2)cc2ccc(Oc3ccc(NC(=O)c4ccc(Cl)c(Cl)c4)cn3)cc21. The molecule has 1 fully saturated rings. The molecule has 2 amide bonds. The maximum absolute atomic E-state index is 13.5. The number of aromatic nitrogens is 2. The molecule has 0 radical (unpaired) electrons. The number of nitrogens with one attached hydrogen (secondary N) is 1. The first kappa shape index (κ1) is 32.3. The number of halogens is 3. The quantitative estimate of drug-likeness (QED) is 0.168. The number of hydrogen-bond donors (Lipinski definition) is 1. The first-order valence-electron chi connectivity index (χ1n) is 15.1. The molecule has 242 valence electrons. The van der Waals surface area contributed by atoms with Gasteiger partial charge in [-0.05, 0) is 60.2 Å². The number of alkyl halides is 1. The van der Waals surface area contributed by atoms with Crippen LogP contribution in [-0.2, 0) is 13.6 Å². The number of carbonyl (C=O) groups is 2. The minimum atomic E-state index is -0.513. The third-order valence-electron chi connectivity index (χ3n) is 7.97. The molecule has 0 aliphatic carbocycles. The van der Waals surface area contributed by atoms with Gasteiger partial charge >= 0.3 is 0 Å². The maximum atomic E-state index is 13.5. The zero-order valence-corrected chi connectivity index (χ0v) is 27.1. The minimum Gasteiger partial charge on any atom is -0.491 e. The molecule has 0 unspecified atom stereocenters. The van der Waals surface area contributed by atoms with Crippen molar-refractivity contribution in [3.05, 3.63) is 112 Å². The van der Waals surface area contributed by atoms with Gasteiger partial charge in [0.15, 0.2) is 0 Å². The molecule has 0 atom stereocenters. The van der Waals surface area contributed by atoms with Gasteiger partial charge in [0.05, 0.1) is 27.4 Å². The summed E-state index contributed by atoms with van der Waals surface area (Å²) in [5.41, 5.74) is 3.47. The monoisotopic (exact) mass is 675 g/mol. The average molecular weight is 677 g/mol. The predicted octanol–water partition coefficient (Wildman–Crippen LogP) is 7.23. The van der Waals surface area contributed by atoms with Gasteiger partial charge in [-0.3, -0.25) is 14.5 Å². The van der Waals surface area contributed by atoms with E-state index in [1.807, 2.05) is 65.0 Å². The summed E-state index contributed by atoms with van der Waals surface area (Å²) in [7, 11) is 1.88. The number of carbonyl (C=O) groups excluding carboxylic acids is 2. The van der Waals surface area contributed by atoms with Gasteiger partial charge in [-0.15, -0.1) is 0 Å². The number of amides is 2. The first-order chi connectivity index (χ1) is 22.8. The molecular weight excluding hydrogens is 644 g/mol. The van der Waals surface area contributed by atoms with E-state index in [-0.39, 0.29) is 18.4 Å². The molecule has 1 N–H and O–H groups in total. The lowest BCUT2D eigenvalue weighted by Gasteiger charge is -2.34. The molecule has 3 aromatic carbocycles. The molecular formula is C35H32Cl2FN5O4. The van der Waals surface area contributed by atoms with Crippen molar-refractivity contribution in [2.24, 2.45) is 7.05 Å². The Bertz CT molecular complexity index is 1890. The Hall–Kier alpha value is -4.64. The number of aryl methyl sites for hydroxylation is 1. The number of anilines is 1. The van der Waals surface area contributed by atoms with E-state index in [1.165, 1.54) is 12.3 Å². The van der Waals surface area contributed by atoms with Gasteiger partial charge in [-0.1, -0.05) is 35.3 Å². The number of rotatable bonds is 10. The Kier molecular flexibility index (Phi) is 9.91. The van der Waals surface area contributed by atoms with E-state index < -0.39 is 6.67 Å². The van der Waals surface area contributed by atoms with E-state index in [1.54, 1.807) is 24.3 Å². The highest BCUT2D eigenvalue weighted by molar-refractivity contribution is 6.42. The Labute approximate surface area is 281 Å². The van der Waals surface area contributed by atoms with E-state index in [0.717, 1.165) is 36.1 Å². The largest absolute Gasteiger partial charge is 0.491 e. The number of pyridine rings is 1. The summed E-state index contributed by atoms with van der Waals surface area (Å²) < 4.78 is 25.5. The van der Waals surface area contributed by atoms with Gasteiger partial charge in [0, 0.05) is 62.9 Å². The Balaban J connectivity index is 1.05. The highest BCUT2D eigenvalue weighted by Crippen LogP contribution is 2.28. The van der Waals surface area contributed by atoms with E-state index in [4.69, 9.17) is 32.7 Å². The molecule has 9 nitrogen and oxygen atoms in total. The normalized spacial score (nSPS) is 13.5. The third-order valence-corrected chi connectivity index (χ3v) is 8.71. The molecule has 2 aromatic heterocycles. The van der Waals surface area contributed by atoms with Gasteiger partial charge < -0.3 is 24.3 Å². The van der Waals surface area contributed by atoms with Crippen LogP contribution in [0.3, 0.4) is 0 Å². The van der Waals surface area contributed by atoms with Crippen molar-refractivity contribution >= 4 is 51.6 Å². The number of piperazine rings is 1. The third kappa shape index (κ3) is 7.68. The second-order valence-electron chi connectivity index (χ2n) is 11.1. The summed E-state index contributed by atoms with van der Waals surface area (Å²) in [6.07, 6.45) is 1.50. The molecule has 47 heavy (non-hydrogen) atoms. The Morgan fingerprint density at radius 3 is 2.36 bits per heavy atom. The number of nitrogens with zero attached hydrogens (tertiary/aromatic N) is 4. The summed E-state index contributed by atoms with van der Waals surface area (Å²) >= 11 is 12.0. The van der Waals surface area contributed by atoms with E-state index >= 15 is 0 Å². The topological polar surface area (TPSA) is 88.9 Å².